The summed E-state index contributed by atoms with van der Waals surface area (Å²) in [5, 5.41) is 1.11. The molecule has 0 radical (unpaired) electrons. The van der Waals surface area contributed by atoms with Crippen LogP contribution in [0.1, 0.15) is 53.8 Å². The van der Waals surface area contributed by atoms with Crippen LogP contribution in [0.3, 0.4) is 0 Å². The lowest BCUT2D eigenvalue weighted by Crippen LogP contribution is -2.48. The third-order valence-corrected chi connectivity index (χ3v) is 15.3. The van der Waals surface area contributed by atoms with E-state index in [1.165, 1.54) is 6.04 Å². The van der Waals surface area contributed by atoms with Crippen molar-refractivity contribution in [3.63, 3.8) is 0 Å². The molecule has 2 aromatic heterocycles. The molecule has 0 saturated heterocycles. The standard InChI is InChI=1S/C29H48N2O3Si2/c1-22(2)36(23(3)4,24(5)6)34-15-10-11-29-30-27(20-31(29)21-32-17-18-35(7,8)9)26-13-12-25-14-16-33-28(25)19-26/h12-14,16,19-20,22-24H,10-11,15,17-18,21H2,1-9H3. The molecule has 0 aliphatic heterocycles. The summed E-state index contributed by atoms with van der Waals surface area (Å²) in [5.74, 6) is 1.06. The van der Waals surface area contributed by atoms with Gasteiger partial charge < -0.3 is 18.1 Å². The minimum absolute atomic E-state index is 0.541. The summed E-state index contributed by atoms with van der Waals surface area (Å²) in [6.07, 6.45) is 5.70. The second kappa shape index (κ2) is 12.2. The lowest BCUT2D eigenvalue weighted by Gasteiger charge is -2.42. The normalized spacial score (nSPS) is 13.1. The van der Waals surface area contributed by atoms with Crippen LogP contribution in [0.4, 0.5) is 0 Å². The summed E-state index contributed by atoms with van der Waals surface area (Å²) < 4.78 is 20.7. The fourth-order valence-electron chi connectivity index (χ4n) is 5.54. The van der Waals surface area contributed by atoms with Crippen LogP contribution in [0.2, 0.25) is 42.3 Å². The first-order valence-corrected chi connectivity index (χ1v) is 19.5. The maximum Gasteiger partial charge on any atom is 0.200 e. The van der Waals surface area contributed by atoms with E-state index < -0.39 is 16.4 Å². The van der Waals surface area contributed by atoms with Crippen LogP contribution in [0, 0.1) is 0 Å². The van der Waals surface area contributed by atoms with E-state index in [0.717, 1.165) is 54.1 Å². The molecule has 0 aliphatic carbocycles. The van der Waals surface area contributed by atoms with Gasteiger partial charge in [0.2, 0.25) is 0 Å². The highest BCUT2D eigenvalue weighted by Gasteiger charge is 2.44. The molecule has 0 bridgehead atoms. The van der Waals surface area contributed by atoms with Gasteiger partial charge in [-0.15, -0.1) is 0 Å². The molecule has 0 saturated carbocycles. The van der Waals surface area contributed by atoms with Crippen LogP contribution in [0.5, 0.6) is 0 Å². The van der Waals surface area contributed by atoms with Crippen LogP contribution < -0.4 is 0 Å². The second-order valence-corrected chi connectivity index (χ2v) is 23.4. The molecule has 0 spiro atoms. The zero-order chi connectivity index (χ0) is 26.5. The monoisotopic (exact) mass is 528 g/mol. The number of ether oxygens (including phenoxy) is 1. The number of hydrogen-bond donors (Lipinski definition) is 0. The highest BCUT2D eigenvalue weighted by atomic mass is 28.4. The second-order valence-electron chi connectivity index (χ2n) is 12.3. The van der Waals surface area contributed by atoms with Gasteiger partial charge >= 0.3 is 0 Å². The predicted octanol–water partition coefficient (Wildman–Crippen LogP) is 8.73. The third kappa shape index (κ3) is 7.00. The Labute approximate surface area is 220 Å². The number of furan rings is 1. The summed E-state index contributed by atoms with van der Waals surface area (Å²) in [7, 11) is -2.97. The van der Waals surface area contributed by atoms with Gasteiger partial charge in [0.05, 0.1) is 12.0 Å². The van der Waals surface area contributed by atoms with Crippen molar-refractivity contribution in [3.8, 4) is 11.3 Å². The van der Waals surface area contributed by atoms with Gasteiger partial charge in [0.1, 0.15) is 18.1 Å². The van der Waals surface area contributed by atoms with Gasteiger partial charge in [-0.05, 0) is 41.2 Å². The minimum Gasteiger partial charge on any atom is -0.464 e. The van der Waals surface area contributed by atoms with Crippen molar-refractivity contribution in [1.29, 1.82) is 0 Å². The van der Waals surface area contributed by atoms with Crippen LogP contribution >= 0.6 is 0 Å². The number of aromatic nitrogens is 2. The molecule has 1 aromatic carbocycles. The van der Waals surface area contributed by atoms with Gasteiger partial charge in [-0.25, -0.2) is 4.98 Å². The predicted molar refractivity (Wildman–Crippen MR) is 157 cm³/mol. The van der Waals surface area contributed by atoms with Crippen molar-refractivity contribution in [2.24, 2.45) is 0 Å². The SMILES string of the molecule is CC(C)[Si](OCCCc1nc(-c2ccc3ccoc3c2)cn1COCC[Si](C)(C)C)(C(C)C)C(C)C. The average Bonchev–Trinajstić information content (AvgIpc) is 3.41. The number of rotatable bonds is 14. The quantitative estimate of drug-likeness (QED) is 0.155. The van der Waals surface area contributed by atoms with E-state index in [9.17, 15) is 0 Å². The molecule has 2 heterocycles. The van der Waals surface area contributed by atoms with Crippen LogP contribution in [-0.2, 0) is 22.3 Å². The lowest BCUT2D eigenvalue weighted by molar-refractivity contribution is 0.0849. The molecule has 0 N–H and O–H groups in total. The number of nitrogens with zero attached hydrogens (tertiary/aromatic N) is 2. The first-order chi connectivity index (χ1) is 16.9. The highest BCUT2D eigenvalue weighted by molar-refractivity contribution is 6.77. The fourth-order valence-corrected chi connectivity index (χ4v) is 11.8. The Bertz CT molecular complexity index is 1070. The maximum absolute atomic E-state index is 6.81. The molecule has 7 heteroatoms. The van der Waals surface area contributed by atoms with E-state index in [0.29, 0.717) is 23.4 Å². The summed E-state index contributed by atoms with van der Waals surface area (Å²) in [4.78, 5) is 5.04. The molecule has 0 unspecified atom stereocenters. The Morgan fingerprint density at radius 3 is 2.28 bits per heavy atom. The Balaban J connectivity index is 1.73. The zero-order valence-electron chi connectivity index (χ0n) is 24.1. The number of aryl methyl sites for hydroxylation is 1. The summed E-state index contributed by atoms with van der Waals surface area (Å²) >= 11 is 0. The Morgan fingerprint density at radius 1 is 0.944 bits per heavy atom. The van der Waals surface area contributed by atoms with E-state index in [4.69, 9.17) is 18.6 Å². The Hall–Kier alpha value is -1.68. The number of hydrogen-bond acceptors (Lipinski definition) is 4. The van der Waals surface area contributed by atoms with Crippen LogP contribution in [0.15, 0.2) is 41.1 Å². The van der Waals surface area contributed by atoms with E-state index in [1.54, 1.807) is 6.26 Å². The van der Waals surface area contributed by atoms with Crippen molar-refractivity contribution in [3.05, 3.63) is 42.5 Å². The molecule has 5 nitrogen and oxygen atoms in total. The van der Waals surface area contributed by atoms with E-state index in [-0.39, 0.29) is 0 Å². The van der Waals surface area contributed by atoms with Crippen LogP contribution in [0.25, 0.3) is 22.2 Å². The van der Waals surface area contributed by atoms with Crippen molar-refractivity contribution >= 4 is 27.4 Å². The van der Waals surface area contributed by atoms with Gasteiger partial charge in [-0.2, -0.15) is 0 Å². The van der Waals surface area contributed by atoms with E-state index in [2.05, 4.69) is 90.1 Å². The summed E-state index contributed by atoms with van der Waals surface area (Å²) in [6.45, 7) is 23.4. The van der Waals surface area contributed by atoms with Crippen molar-refractivity contribution in [2.45, 2.75) is 103 Å². The molecule has 200 valence electrons. The smallest absolute Gasteiger partial charge is 0.200 e. The largest absolute Gasteiger partial charge is 0.464 e. The Morgan fingerprint density at radius 2 is 1.64 bits per heavy atom. The number of imidazole rings is 1. The molecule has 0 atom stereocenters. The van der Waals surface area contributed by atoms with Crippen LogP contribution in [-0.4, -0.2) is 39.2 Å². The third-order valence-electron chi connectivity index (χ3n) is 7.44. The van der Waals surface area contributed by atoms with E-state index >= 15 is 0 Å². The minimum atomic E-state index is -1.85. The number of benzene rings is 1. The molecule has 0 amide bonds. The highest BCUT2D eigenvalue weighted by Crippen LogP contribution is 2.42. The van der Waals surface area contributed by atoms with Gasteiger partial charge in [0.15, 0.2) is 8.32 Å². The van der Waals surface area contributed by atoms with Crippen molar-refractivity contribution < 1.29 is 13.6 Å². The average molecular weight is 529 g/mol. The molecular formula is C29H48N2O3Si2. The van der Waals surface area contributed by atoms with Gasteiger partial charge in [0.25, 0.3) is 0 Å². The summed E-state index contributed by atoms with van der Waals surface area (Å²) in [5.41, 5.74) is 4.72. The molecule has 0 fully saturated rings. The molecular weight excluding hydrogens is 481 g/mol. The maximum atomic E-state index is 6.81. The van der Waals surface area contributed by atoms with Gasteiger partial charge in [-0.3, -0.25) is 0 Å². The van der Waals surface area contributed by atoms with E-state index in [1.807, 2.05) is 6.07 Å². The molecule has 3 aromatic rings. The zero-order valence-corrected chi connectivity index (χ0v) is 26.1. The molecule has 0 aliphatic rings. The topological polar surface area (TPSA) is 49.4 Å². The van der Waals surface area contributed by atoms with Crippen molar-refractivity contribution in [1.82, 2.24) is 9.55 Å². The Kier molecular flexibility index (Phi) is 9.83. The lowest BCUT2D eigenvalue weighted by atomic mass is 10.1. The molecule has 3 rings (SSSR count). The first kappa shape index (κ1) is 28.9. The first-order valence-electron chi connectivity index (χ1n) is 13.7. The van der Waals surface area contributed by atoms with Crippen molar-refractivity contribution in [2.75, 3.05) is 13.2 Å². The fraction of sp³-hybridized carbons (Fsp3) is 0.621. The number of fused-ring (bicyclic) bond motifs is 1. The molecule has 36 heavy (non-hydrogen) atoms. The summed E-state index contributed by atoms with van der Waals surface area (Å²) in [6, 6.07) is 9.45. The van der Waals surface area contributed by atoms with Gasteiger partial charge in [-0.1, -0.05) is 73.3 Å². The van der Waals surface area contributed by atoms with Gasteiger partial charge in [0, 0.05) is 44.9 Å².